The van der Waals surface area contributed by atoms with Gasteiger partial charge in [-0.3, -0.25) is 4.18 Å². The Balaban J connectivity index is 0. The fourth-order valence-corrected chi connectivity index (χ4v) is 2.13. The van der Waals surface area contributed by atoms with E-state index in [2.05, 4.69) is 13.2 Å². The fraction of sp³-hybridized carbons (Fsp3) is 0.214. The van der Waals surface area contributed by atoms with Crippen LogP contribution in [0.3, 0.4) is 0 Å². The molecule has 110 valence electrons. The van der Waals surface area contributed by atoms with E-state index in [4.69, 9.17) is 8.92 Å². The number of carbonyl (C=O) groups is 1. The van der Waals surface area contributed by atoms with Crippen molar-refractivity contribution in [3.05, 3.63) is 48.6 Å². The van der Waals surface area contributed by atoms with E-state index in [-0.39, 0.29) is 54.7 Å². The smallest absolute Gasteiger partial charge is 1.00 e. The first kappa shape index (κ1) is 20.1. The predicted molar refractivity (Wildman–Crippen MR) is 76.6 cm³/mol. The summed E-state index contributed by atoms with van der Waals surface area (Å²) >= 11 is 0. The van der Waals surface area contributed by atoms with Crippen molar-refractivity contribution in [2.75, 3.05) is 13.2 Å². The molecule has 21 heavy (non-hydrogen) atoms. The van der Waals surface area contributed by atoms with Crippen molar-refractivity contribution in [1.29, 1.82) is 0 Å². The molecule has 0 spiro atoms. The zero-order chi connectivity index (χ0) is 15.2. The van der Waals surface area contributed by atoms with Crippen molar-refractivity contribution in [2.24, 2.45) is 0 Å². The average Bonchev–Trinajstić information content (AvgIpc) is 2.43. The molecule has 0 heterocycles. The minimum absolute atomic E-state index is 0. The van der Waals surface area contributed by atoms with Gasteiger partial charge in [0, 0.05) is 5.57 Å². The second kappa shape index (κ2) is 9.17. The van der Waals surface area contributed by atoms with Gasteiger partial charge in [-0.05, 0) is 24.6 Å². The monoisotopic (exact) mass is 320 g/mol. The third-order valence-corrected chi connectivity index (χ3v) is 3.63. The third kappa shape index (κ3) is 6.58. The summed E-state index contributed by atoms with van der Waals surface area (Å²) in [5.41, 5.74) is 1.05. The van der Waals surface area contributed by atoms with E-state index in [1.165, 1.54) is 19.1 Å². The number of rotatable bonds is 7. The van der Waals surface area contributed by atoms with Crippen LogP contribution in [0.25, 0.3) is 6.08 Å². The van der Waals surface area contributed by atoms with E-state index in [1.807, 2.05) is 0 Å². The number of hydrogen-bond acceptors (Lipinski definition) is 5. The van der Waals surface area contributed by atoms with Crippen molar-refractivity contribution in [2.45, 2.75) is 11.8 Å². The first-order valence-electron chi connectivity index (χ1n) is 5.81. The topological polar surface area (TPSA) is 69.7 Å². The maximum atomic E-state index is 11.8. The normalized spacial score (nSPS) is 10.3. The molecule has 0 aliphatic rings. The summed E-state index contributed by atoms with van der Waals surface area (Å²) in [6.45, 7) is 8.08. The molecular formula is C14H17NaO5S. The fourth-order valence-electron chi connectivity index (χ4n) is 1.24. The van der Waals surface area contributed by atoms with E-state index in [0.717, 1.165) is 5.56 Å². The van der Waals surface area contributed by atoms with Crippen LogP contribution in [-0.4, -0.2) is 27.6 Å². The van der Waals surface area contributed by atoms with E-state index < -0.39 is 16.1 Å². The van der Waals surface area contributed by atoms with Crippen LogP contribution < -0.4 is 29.6 Å². The largest absolute Gasteiger partial charge is 1.00 e. The molecule has 0 atom stereocenters. The van der Waals surface area contributed by atoms with Crippen LogP contribution in [-0.2, 0) is 23.8 Å². The average molecular weight is 320 g/mol. The molecule has 0 saturated carbocycles. The molecule has 0 N–H and O–H groups in total. The third-order valence-electron chi connectivity index (χ3n) is 2.31. The van der Waals surface area contributed by atoms with Gasteiger partial charge in [-0.15, -0.1) is 0 Å². The number of carbonyl (C=O) groups excluding carboxylic acids is 1. The summed E-state index contributed by atoms with van der Waals surface area (Å²) in [7, 11) is -3.85. The predicted octanol–water partition coefficient (Wildman–Crippen LogP) is -0.729. The van der Waals surface area contributed by atoms with Gasteiger partial charge in [-0.1, -0.05) is 31.4 Å². The standard InChI is InChI=1S/C14H16O5S.Na.H/c1-4-12-5-7-13(8-6-12)20(16,17)19-10-9-18-14(15)11(2)3;;/h4-8H,1-2,9-10H2,3H3;;/q;+1;-1. The molecule has 0 radical (unpaired) electrons. The molecule has 0 amide bonds. The minimum atomic E-state index is -3.85. The molecule has 0 aromatic heterocycles. The van der Waals surface area contributed by atoms with E-state index in [1.54, 1.807) is 18.2 Å². The molecule has 1 aromatic carbocycles. The van der Waals surface area contributed by atoms with Crippen molar-refractivity contribution >= 4 is 22.2 Å². The second-order valence-corrected chi connectivity index (χ2v) is 5.58. The van der Waals surface area contributed by atoms with E-state index in [9.17, 15) is 13.2 Å². The zero-order valence-electron chi connectivity index (χ0n) is 13.2. The Labute approximate surface area is 148 Å². The van der Waals surface area contributed by atoms with Crippen molar-refractivity contribution in [1.82, 2.24) is 0 Å². The van der Waals surface area contributed by atoms with Crippen LogP contribution >= 0.6 is 0 Å². The molecule has 0 aliphatic carbocycles. The van der Waals surface area contributed by atoms with Gasteiger partial charge in [0.05, 0.1) is 4.90 Å². The SMILES string of the molecule is C=Cc1ccc(S(=O)(=O)OCCOC(=O)C(=C)C)cc1.[H-].[Na+]. The van der Waals surface area contributed by atoms with Gasteiger partial charge in [-0.25, -0.2) is 4.79 Å². The van der Waals surface area contributed by atoms with E-state index in [0.29, 0.717) is 0 Å². The van der Waals surface area contributed by atoms with Crippen molar-refractivity contribution in [3.63, 3.8) is 0 Å². The van der Waals surface area contributed by atoms with Crippen LogP contribution in [0.5, 0.6) is 0 Å². The van der Waals surface area contributed by atoms with Gasteiger partial charge < -0.3 is 6.16 Å². The second-order valence-electron chi connectivity index (χ2n) is 3.97. The molecule has 0 unspecified atom stereocenters. The quantitative estimate of drug-likeness (QED) is 0.218. The van der Waals surface area contributed by atoms with Crippen LogP contribution in [0.15, 0.2) is 47.9 Å². The maximum absolute atomic E-state index is 11.8. The van der Waals surface area contributed by atoms with Crippen molar-refractivity contribution < 1.29 is 53.1 Å². The van der Waals surface area contributed by atoms with Crippen LogP contribution in [0.4, 0.5) is 0 Å². The van der Waals surface area contributed by atoms with Crippen LogP contribution in [0.2, 0.25) is 0 Å². The molecule has 0 saturated heterocycles. The molecule has 1 aromatic rings. The van der Waals surface area contributed by atoms with Crippen molar-refractivity contribution in [3.8, 4) is 0 Å². The minimum Gasteiger partial charge on any atom is -1.00 e. The Morgan fingerprint density at radius 3 is 2.33 bits per heavy atom. The Hall–Kier alpha value is -0.920. The first-order valence-corrected chi connectivity index (χ1v) is 7.22. The summed E-state index contributed by atoms with van der Waals surface area (Å²) in [6.07, 6.45) is 1.61. The van der Waals surface area contributed by atoms with Crippen LogP contribution in [0.1, 0.15) is 13.9 Å². The van der Waals surface area contributed by atoms with Gasteiger partial charge in [-0.2, -0.15) is 8.42 Å². The van der Waals surface area contributed by atoms with E-state index >= 15 is 0 Å². The zero-order valence-corrected chi connectivity index (χ0v) is 15.0. The van der Waals surface area contributed by atoms with Gasteiger partial charge in [0.25, 0.3) is 10.1 Å². The Morgan fingerprint density at radius 1 is 1.29 bits per heavy atom. The first-order chi connectivity index (χ1) is 9.36. The summed E-state index contributed by atoms with van der Waals surface area (Å²) in [5.74, 6) is -0.582. The Kier molecular flexibility index (Phi) is 8.77. The maximum Gasteiger partial charge on any atom is 1.00 e. The van der Waals surface area contributed by atoms with Gasteiger partial charge >= 0.3 is 35.5 Å². The Bertz CT molecular complexity index is 611. The molecule has 1 rings (SSSR count). The molecule has 7 heteroatoms. The molecule has 0 fully saturated rings. The summed E-state index contributed by atoms with van der Waals surface area (Å²) in [4.78, 5) is 11.1. The molecular weight excluding hydrogens is 303 g/mol. The number of esters is 1. The summed E-state index contributed by atoms with van der Waals surface area (Å²) in [6, 6.07) is 6.08. The van der Waals surface area contributed by atoms with Gasteiger partial charge in [0.15, 0.2) is 0 Å². The number of benzene rings is 1. The summed E-state index contributed by atoms with van der Waals surface area (Å²) in [5, 5.41) is 0. The van der Waals surface area contributed by atoms with Gasteiger partial charge in [0.2, 0.25) is 0 Å². The molecule has 0 aliphatic heterocycles. The number of hydrogen-bond donors (Lipinski definition) is 0. The van der Waals surface area contributed by atoms with Crippen LogP contribution in [0, 0.1) is 0 Å². The molecule has 5 nitrogen and oxygen atoms in total. The summed E-state index contributed by atoms with van der Waals surface area (Å²) < 4.78 is 33.1. The molecule has 0 bridgehead atoms. The number of ether oxygens (including phenoxy) is 1. The Morgan fingerprint density at radius 2 is 1.86 bits per heavy atom. The van der Waals surface area contributed by atoms with Gasteiger partial charge in [0.1, 0.15) is 13.2 Å².